The van der Waals surface area contributed by atoms with Gasteiger partial charge in [-0.15, -0.1) is 0 Å². The van der Waals surface area contributed by atoms with Crippen molar-refractivity contribution < 1.29 is 4.79 Å². The normalized spacial score (nSPS) is 21.2. The molecule has 0 amide bonds. The van der Waals surface area contributed by atoms with Crippen LogP contribution in [0.5, 0.6) is 0 Å². The molecule has 1 fully saturated rings. The Bertz CT molecular complexity index is 159. The van der Waals surface area contributed by atoms with Crippen molar-refractivity contribution >= 4 is 5.78 Å². The first-order valence-electron chi connectivity index (χ1n) is 4.98. The topological polar surface area (TPSA) is 43.1 Å². The van der Waals surface area contributed by atoms with E-state index in [1.807, 2.05) is 6.92 Å². The first kappa shape index (κ1) is 9.72. The van der Waals surface area contributed by atoms with Crippen LogP contribution in [0.25, 0.3) is 0 Å². The van der Waals surface area contributed by atoms with Gasteiger partial charge in [-0.1, -0.05) is 19.8 Å². The minimum Gasteiger partial charge on any atom is -0.330 e. The number of ketones is 1. The fraction of sp³-hybridized carbons (Fsp3) is 0.900. The SMILES string of the molecule is CCC(=O)C1(CCN)CCCC1. The van der Waals surface area contributed by atoms with Crippen molar-refractivity contribution in [1.82, 2.24) is 0 Å². The van der Waals surface area contributed by atoms with Gasteiger partial charge in [-0.3, -0.25) is 4.79 Å². The van der Waals surface area contributed by atoms with Crippen LogP contribution in [0, 0.1) is 5.41 Å². The maximum atomic E-state index is 11.7. The Morgan fingerprint density at radius 3 is 2.42 bits per heavy atom. The van der Waals surface area contributed by atoms with E-state index in [-0.39, 0.29) is 5.41 Å². The molecule has 0 unspecified atom stereocenters. The highest BCUT2D eigenvalue weighted by molar-refractivity contribution is 5.84. The molecular formula is C10H19NO. The molecular weight excluding hydrogens is 150 g/mol. The monoisotopic (exact) mass is 169 g/mol. The lowest BCUT2D eigenvalue weighted by atomic mass is 9.77. The Morgan fingerprint density at radius 1 is 1.42 bits per heavy atom. The maximum absolute atomic E-state index is 11.7. The van der Waals surface area contributed by atoms with Gasteiger partial charge in [-0.25, -0.2) is 0 Å². The summed E-state index contributed by atoms with van der Waals surface area (Å²) < 4.78 is 0. The smallest absolute Gasteiger partial charge is 0.138 e. The van der Waals surface area contributed by atoms with Crippen LogP contribution in [0.4, 0.5) is 0 Å². The second-order valence-electron chi connectivity index (χ2n) is 3.80. The van der Waals surface area contributed by atoms with Crippen LogP contribution in [0.1, 0.15) is 45.4 Å². The molecule has 12 heavy (non-hydrogen) atoms. The lowest BCUT2D eigenvalue weighted by Crippen LogP contribution is -2.30. The highest BCUT2D eigenvalue weighted by Gasteiger charge is 2.38. The second-order valence-corrected chi connectivity index (χ2v) is 3.80. The molecule has 1 aliphatic carbocycles. The summed E-state index contributed by atoms with van der Waals surface area (Å²) in [6, 6.07) is 0. The van der Waals surface area contributed by atoms with Crippen LogP contribution in [-0.4, -0.2) is 12.3 Å². The van der Waals surface area contributed by atoms with Crippen LogP contribution in [-0.2, 0) is 4.79 Å². The van der Waals surface area contributed by atoms with E-state index in [2.05, 4.69) is 0 Å². The Balaban J connectivity index is 2.64. The van der Waals surface area contributed by atoms with E-state index in [0.717, 1.165) is 19.3 Å². The van der Waals surface area contributed by atoms with Gasteiger partial charge in [-0.05, 0) is 25.8 Å². The van der Waals surface area contributed by atoms with E-state index < -0.39 is 0 Å². The summed E-state index contributed by atoms with van der Waals surface area (Å²) in [5.74, 6) is 0.436. The van der Waals surface area contributed by atoms with Gasteiger partial charge in [0.25, 0.3) is 0 Å². The van der Waals surface area contributed by atoms with Crippen molar-refractivity contribution in [2.24, 2.45) is 11.1 Å². The van der Waals surface area contributed by atoms with Gasteiger partial charge in [0.05, 0.1) is 0 Å². The van der Waals surface area contributed by atoms with Crippen molar-refractivity contribution in [3.8, 4) is 0 Å². The van der Waals surface area contributed by atoms with Crippen LogP contribution >= 0.6 is 0 Å². The van der Waals surface area contributed by atoms with Crippen LogP contribution in [0.3, 0.4) is 0 Å². The summed E-state index contributed by atoms with van der Waals surface area (Å²) in [6.45, 7) is 2.62. The minimum atomic E-state index is -0.0104. The first-order chi connectivity index (χ1) is 5.75. The molecule has 0 aromatic heterocycles. The van der Waals surface area contributed by atoms with E-state index in [1.54, 1.807) is 0 Å². The molecule has 1 saturated carbocycles. The largest absolute Gasteiger partial charge is 0.330 e. The highest BCUT2D eigenvalue weighted by Crippen LogP contribution is 2.42. The lowest BCUT2D eigenvalue weighted by Gasteiger charge is -2.26. The van der Waals surface area contributed by atoms with Crippen molar-refractivity contribution in [1.29, 1.82) is 0 Å². The van der Waals surface area contributed by atoms with Gasteiger partial charge in [-0.2, -0.15) is 0 Å². The molecule has 2 nitrogen and oxygen atoms in total. The van der Waals surface area contributed by atoms with Gasteiger partial charge < -0.3 is 5.73 Å². The summed E-state index contributed by atoms with van der Waals surface area (Å²) in [7, 11) is 0. The Hall–Kier alpha value is -0.370. The minimum absolute atomic E-state index is 0.0104. The number of carbonyl (C=O) groups is 1. The quantitative estimate of drug-likeness (QED) is 0.698. The maximum Gasteiger partial charge on any atom is 0.138 e. The Labute approximate surface area is 74.5 Å². The number of carbonyl (C=O) groups excluding carboxylic acids is 1. The number of nitrogens with two attached hydrogens (primary N) is 1. The first-order valence-corrected chi connectivity index (χ1v) is 4.98. The van der Waals surface area contributed by atoms with Gasteiger partial charge in [0.1, 0.15) is 5.78 Å². The molecule has 0 radical (unpaired) electrons. The van der Waals surface area contributed by atoms with Gasteiger partial charge >= 0.3 is 0 Å². The van der Waals surface area contributed by atoms with Crippen LogP contribution in [0.15, 0.2) is 0 Å². The van der Waals surface area contributed by atoms with Gasteiger partial charge in [0.2, 0.25) is 0 Å². The number of hydrogen-bond donors (Lipinski definition) is 1. The number of hydrogen-bond acceptors (Lipinski definition) is 2. The van der Waals surface area contributed by atoms with Crippen molar-refractivity contribution in [3.05, 3.63) is 0 Å². The van der Waals surface area contributed by atoms with Crippen LogP contribution in [0.2, 0.25) is 0 Å². The molecule has 2 heteroatoms. The molecule has 0 spiro atoms. The fourth-order valence-electron chi connectivity index (χ4n) is 2.37. The average Bonchev–Trinajstić information content (AvgIpc) is 2.53. The van der Waals surface area contributed by atoms with Crippen molar-refractivity contribution in [2.45, 2.75) is 45.4 Å². The molecule has 70 valence electrons. The summed E-state index contributed by atoms with van der Waals surface area (Å²) in [4.78, 5) is 11.7. The van der Waals surface area contributed by atoms with Crippen LogP contribution < -0.4 is 5.73 Å². The Morgan fingerprint density at radius 2 is 2.00 bits per heavy atom. The average molecular weight is 169 g/mol. The third-order valence-electron chi connectivity index (χ3n) is 3.10. The molecule has 0 aromatic rings. The summed E-state index contributed by atoms with van der Waals surface area (Å²) in [5.41, 5.74) is 5.52. The predicted molar refractivity (Wildman–Crippen MR) is 49.9 cm³/mol. The predicted octanol–water partition coefficient (Wildman–Crippen LogP) is 1.87. The van der Waals surface area contributed by atoms with Crippen molar-refractivity contribution in [2.75, 3.05) is 6.54 Å². The molecule has 0 saturated heterocycles. The molecule has 0 heterocycles. The molecule has 1 rings (SSSR count). The summed E-state index contributed by atoms with van der Waals surface area (Å²) in [5, 5.41) is 0. The number of rotatable bonds is 4. The van der Waals surface area contributed by atoms with Gasteiger partial charge in [0, 0.05) is 11.8 Å². The summed E-state index contributed by atoms with van der Waals surface area (Å²) >= 11 is 0. The molecule has 2 N–H and O–H groups in total. The van der Waals surface area contributed by atoms with Crippen molar-refractivity contribution in [3.63, 3.8) is 0 Å². The van der Waals surface area contributed by atoms with Gasteiger partial charge in [0.15, 0.2) is 0 Å². The lowest BCUT2D eigenvalue weighted by molar-refractivity contribution is -0.128. The molecule has 0 aliphatic heterocycles. The third kappa shape index (κ3) is 1.69. The zero-order valence-corrected chi connectivity index (χ0v) is 7.94. The molecule has 0 atom stereocenters. The molecule has 1 aliphatic rings. The van der Waals surface area contributed by atoms with E-state index in [0.29, 0.717) is 18.7 Å². The number of Topliss-reactive ketones (excluding diaryl/α,β-unsaturated/α-hetero) is 1. The highest BCUT2D eigenvalue weighted by atomic mass is 16.1. The zero-order valence-electron chi connectivity index (χ0n) is 7.94. The summed E-state index contributed by atoms with van der Waals surface area (Å²) in [6.07, 6.45) is 6.17. The fourth-order valence-corrected chi connectivity index (χ4v) is 2.37. The molecule has 0 aromatic carbocycles. The zero-order chi connectivity index (χ0) is 9.03. The van der Waals surface area contributed by atoms with E-state index in [9.17, 15) is 4.79 Å². The standard InChI is InChI=1S/C10H19NO/c1-2-9(12)10(7-8-11)5-3-4-6-10/h2-8,11H2,1H3. The third-order valence-corrected chi connectivity index (χ3v) is 3.10. The van der Waals surface area contributed by atoms with E-state index >= 15 is 0 Å². The van der Waals surface area contributed by atoms with E-state index in [4.69, 9.17) is 5.73 Å². The molecule has 0 bridgehead atoms. The second kappa shape index (κ2) is 4.04. The van der Waals surface area contributed by atoms with E-state index in [1.165, 1.54) is 12.8 Å². The Kier molecular flexibility index (Phi) is 3.27.